The second kappa shape index (κ2) is 9.06. The molecule has 0 bridgehead atoms. The second-order valence-corrected chi connectivity index (χ2v) is 7.27. The van der Waals surface area contributed by atoms with E-state index in [-0.39, 0.29) is 5.56 Å². The predicted octanol–water partition coefficient (Wildman–Crippen LogP) is 4.75. The summed E-state index contributed by atoms with van der Waals surface area (Å²) in [6.07, 6.45) is 0. The molecule has 4 rings (SSSR count). The monoisotopic (exact) mass is 431 g/mol. The number of benzene rings is 3. The molecule has 3 aromatic carbocycles. The minimum atomic E-state index is -0.113. The Kier molecular flexibility index (Phi) is 6.03. The van der Waals surface area contributed by atoms with Crippen LogP contribution in [0.15, 0.2) is 71.5 Å². The zero-order valence-corrected chi connectivity index (χ0v) is 18.5. The van der Waals surface area contributed by atoms with Gasteiger partial charge in [-0.25, -0.2) is 0 Å². The summed E-state index contributed by atoms with van der Waals surface area (Å²) >= 11 is 0. The standard InChI is InChI=1S/C26H25NO5/c1-29-21-11-10-18(12-22(21)30-2)26-20-15-24(32-4)23(31-3)13-19(20)14-25(28)27(26)16-17-8-6-5-7-9-17/h5-15H,16H2,1-4H3. The number of pyridine rings is 1. The first-order chi connectivity index (χ1) is 15.6. The Morgan fingerprint density at radius 1 is 0.688 bits per heavy atom. The fourth-order valence-electron chi connectivity index (χ4n) is 3.90. The van der Waals surface area contributed by atoms with Gasteiger partial charge < -0.3 is 23.5 Å². The van der Waals surface area contributed by atoms with Crippen LogP contribution in [0.5, 0.6) is 23.0 Å². The quantitative estimate of drug-likeness (QED) is 0.423. The molecule has 6 nitrogen and oxygen atoms in total. The Bertz CT molecular complexity index is 1310. The largest absolute Gasteiger partial charge is 0.493 e. The molecule has 164 valence electrons. The summed E-state index contributed by atoms with van der Waals surface area (Å²) in [6.45, 7) is 0.424. The molecule has 0 aliphatic heterocycles. The highest BCUT2D eigenvalue weighted by Gasteiger charge is 2.18. The highest BCUT2D eigenvalue weighted by atomic mass is 16.5. The summed E-state index contributed by atoms with van der Waals surface area (Å²) in [4.78, 5) is 13.3. The van der Waals surface area contributed by atoms with E-state index in [1.807, 2.05) is 60.7 Å². The van der Waals surface area contributed by atoms with Gasteiger partial charge in [-0.15, -0.1) is 0 Å². The van der Waals surface area contributed by atoms with Crippen molar-refractivity contribution in [2.24, 2.45) is 0 Å². The molecule has 4 aromatic rings. The molecule has 0 saturated carbocycles. The predicted molar refractivity (Wildman–Crippen MR) is 125 cm³/mol. The Morgan fingerprint density at radius 2 is 1.31 bits per heavy atom. The van der Waals surface area contributed by atoms with E-state index in [1.54, 1.807) is 39.1 Å². The second-order valence-electron chi connectivity index (χ2n) is 7.27. The molecule has 0 aliphatic carbocycles. The normalized spacial score (nSPS) is 10.8. The molecule has 0 unspecified atom stereocenters. The van der Waals surface area contributed by atoms with Crippen molar-refractivity contribution in [3.05, 3.63) is 82.6 Å². The lowest BCUT2D eigenvalue weighted by atomic mass is 10.0. The lowest BCUT2D eigenvalue weighted by Gasteiger charge is -2.19. The van der Waals surface area contributed by atoms with Crippen molar-refractivity contribution in [2.45, 2.75) is 6.54 Å². The van der Waals surface area contributed by atoms with E-state index in [0.29, 0.717) is 29.5 Å². The molecule has 0 aliphatic rings. The van der Waals surface area contributed by atoms with Crippen LogP contribution < -0.4 is 24.5 Å². The number of hydrogen-bond donors (Lipinski definition) is 0. The van der Waals surface area contributed by atoms with E-state index < -0.39 is 0 Å². The van der Waals surface area contributed by atoms with Gasteiger partial charge in [0.05, 0.1) is 40.7 Å². The first-order valence-electron chi connectivity index (χ1n) is 10.2. The summed E-state index contributed by atoms with van der Waals surface area (Å²) in [5.41, 5.74) is 2.50. The van der Waals surface area contributed by atoms with Gasteiger partial charge in [-0.1, -0.05) is 30.3 Å². The maximum Gasteiger partial charge on any atom is 0.251 e. The molecule has 0 radical (unpaired) electrons. The van der Waals surface area contributed by atoms with Gasteiger partial charge in [-0.05, 0) is 41.3 Å². The maximum absolute atomic E-state index is 13.3. The molecular formula is C26H25NO5. The van der Waals surface area contributed by atoms with E-state index in [0.717, 1.165) is 27.6 Å². The Balaban J connectivity index is 2.06. The Labute approximate surface area is 186 Å². The van der Waals surface area contributed by atoms with Crippen LogP contribution in [-0.2, 0) is 6.54 Å². The van der Waals surface area contributed by atoms with Gasteiger partial charge in [0.15, 0.2) is 23.0 Å². The van der Waals surface area contributed by atoms with Crippen LogP contribution in [-0.4, -0.2) is 33.0 Å². The average Bonchev–Trinajstić information content (AvgIpc) is 2.84. The van der Waals surface area contributed by atoms with Gasteiger partial charge >= 0.3 is 0 Å². The Hall–Kier alpha value is -3.93. The summed E-state index contributed by atoms with van der Waals surface area (Å²) < 4.78 is 23.7. The third-order valence-electron chi connectivity index (χ3n) is 5.47. The number of hydrogen-bond acceptors (Lipinski definition) is 5. The molecule has 1 aromatic heterocycles. The van der Waals surface area contributed by atoms with Crippen molar-refractivity contribution in [3.8, 4) is 34.3 Å². The molecule has 0 spiro atoms. The maximum atomic E-state index is 13.3. The first-order valence-corrected chi connectivity index (χ1v) is 10.2. The van der Waals surface area contributed by atoms with Crippen LogP contribution >= 0.6 is 0 Å². The zero-order chi connectivity index (χ0) is 22.7. The van der Waals surface area contributed by atoms with Crippen LogP contribution in [0.4, 0.5) is 0 Å². The van der Waals surface area contributed by atoms with Crippen LogP contribution in [0, 0.1) is 0 Å². The molecule has 6 heteroatoms. The van der Waals surface area contributed by atoms with Gasteiger partial charge in [-0.3, -0.25) is 4.79 Å². The van der Waals surface area contributed by atoms with Crippen molar-refractivity contribution < 1.29 is 18.9 Å². The molecule has 1 heterocycles. The number of nitrogens with zero attached hydrogens (tertiary/aromatic N) is 1. The SMILES string of the molecule is COc1ccc(-c2c3cc(OC)c(OC)cc3cc(=O)n2Cc2ccccc2)cc1OC. The van der Waals surface area contributed by atoms with E-state index in [9.17, 15) is 4.79 Å². The topological polar surface area (TPSA) is 58.9 Å². The van der Waals surface area contributed by atoms with Crippen molar-refractivity contribution in [2.75, 3.05) is 28.4 Å². The first kappa shape index (κ1) is 21.3. The average molecular weight is 431 g/mol. The van der Waals surface area contributed by atoms with E-state index in [2.05, 4.69) is 0 Å². The minimum absolute atomic E-state index is 0.113. The molecule has 0 N–H and O–H groups in total. The van der Waals surface area contributed by atoms with Gasteiger partial charge in [0, 0.05) is 17.0 Å². The zero-order valence-electron chi connectivity index (χ0n) is 18.5. The number of methoxy groups -OCH3 is 4. The van der Waals surface area contributed by atoms with Crippen molar-refractivity contribution in [3.63, 3.8) is 0 Å². The lowest BCUT2D eigenvalue weighted by Crippen LogP contribution is -2.22. The number of aromatic nitrogens is 1. The fourth-order valence-corrected chi connectivity index (χ4v) is 3.90. The molecular weight excluding hydrogens is 406 g/mol. The molecule has 0 amide bonds. The van der Waals surface area contributed by atoms with Crippen LogP contribution in [0.25, 0.3) is 22.0 Å². The summed E-state index contributed by atoms with van der Waals surface area (Å²) in [7, 11) is 6.36. The highest BCUT2D eigenvalue weighted by molar-refractivity contribution is 5.97. The molecule has 0 atom stereocenters. The van der Waals surface area contributed by atoms with Crippen molar-refractivity contribution >= 4 is 10.8 Å². The van der Waals surface area contributed by atoms with Gasteiger partial charge in [0.1, 0.15) is 0 Å². The summed E-state index contributed by atoms with van der Waals surface area (Å²) in [6, 6.07) is 20.9. The Morgan fingerprint density at radius 3 is 1.97 bits per heavy atom. The summed E-state index contributed by atoms with van der Waals surface area (Å²) in [5, 5.41) is 1.63. The van der Waals surface area contributed by atoms with Crippen molar-refractivity contribution in [1.82, 2.24) is 4.57 Å². The summed E-state index contributed by atoms with van der Waals surface area (Å²) in [5.74, 6) is 2.36. The van der Waals surface area contributed by atoms with Gasteiger partial charge in [0.25, 0.3) is 5.56 Å². The van der Waals surface area contributed by atoms with Crippen LogP contribution in [0.2, 0.25) is 0 Å². The lowest BCUT2D eigenvalue weighted by molar-refractivity contribution is 0.355. The van der Waals surface area contributed by atoms with Crippen molar-refractivity contribution in [1.29, 1.82) is 0 Å². The fraction of sp³-hybridized carbons (Fsp3) is 0.192. The van der Waals surface area contributed by atoms with Crippen LogP contribution in [0.1, 0.15) is 5.56 Å². The third-order valence-corrected chi connectivity index (χ3v) is 5.47. The van der Waals surface area contributed by atoms with Gasteiger partial charge in [0.2, 0.25) is 0 Å². The molecule has 32 heavy (non-hydrogen) atoms. The van der Waals surface area contributed by atoms with E-state index >= 15 is 0 Å². The smallest absolute Gasteiger partial charge is 0.251 e. The number of ether oxygens (including phenoxy) is 4. The molecule has 0 fully saturated rings. The molecule has 0 saturated heterocycles. The van der Waals surface area contributed by atoms with Gasteiger partial charge in [-0.2, -0.15) is 0 Å². The highest BCUT2D eigenvalue weighted by Crippen LogP contribution is 2.39. The number of fused-ring (bicyclic) bond motifs is 1. The minimum Gasteiger partial charge on any atom is -0.493 e. The van der Waals surface area contributed by atoms with E-state index in [1.165, 1.54) is 0 Å². The number of rotatable bonds is 7. The third kappa shape index (κ3) is 3.87. The van der Waals surface area contributed by atoms with Crippen LogP contribution in [0.3, 0.4) is 0 Å². The van der Waals surface area contributed by atoms with E-state index in [4.69, 9.17) is 18.9 Å².